The van der Waals surface area contributed by atoms with Gasteiger partial charge in [0.15, 0.2) is 5.76 Å². The molecule has 0 radical (unpaired) electrons. The topological polar surface area (TPSA) is 68.2 Å². The Kier molecular flexibility index (Phi) is 4.92. The second kappa shape index (κ2) is 6.67. The molecule has 0 aromatic rings. The summed E-state index contributed by atoms with van der Waals surface area (Å²) in [4.78, 5) is 0. The lowest BCUT2D eigenvalue weighted by Gasteiger charge is -2.29. The van der Waals surface area contributed by atoms with Gasteiger partial charge in [-0.2, -0.15) is 13.6 Å². The Hall–Kier alpha value is -1.41. The van der Waals surface area contributed by atoms with Crippen LogP contribution in [-0.2, 0) is 25.1 Å². The smallest absolute Gasteiger partial charge is 0.319 e. The molecule has 7 heteroatoms. The molecule has 0 amide bonds. The SMILES string of the molecule is CN(OS(=O)O)C(C1=CC=CCC1)C1=COC=CO1. The van der Waals surface area contributed by atoms with Gasteiger partial charge in [-0.3, -0.25) is 4.55 Å². The van der Waals surface area contributed by atoms with E-state index < -0.39 is 17.4 Å². The molecular formula is C12H15NO5S. The normalized spacial score (nSPS) is 21.2. The fourth-order valence-electron chi connectivity index (χ4n) is 1.99. The molecule has 0 spiro atoms. The number of nitrogens with zero attached hydrogens (tertiary/aromatic N) is 1. The maximum atomic E-state index is 10.8. The lowest BCUT2D eigenvalue weighted by Crippen LogP contribution is -2.36. The summed E-state index contributed by atoms with van der Waals surface area (Å²) in [5.74, 6) is 0.497. The van der Waals surface area contributed by atoms with Crippen LogP contribution in [0.25, 0.3) is 0 Å². The van der Waals surface area contributed by atoms with Gasteiger partial charge in [-0.1, -0.05) is 18.2 Å². The van der Waals surface area contributed by atoms with E-state index in [9.17, 15) is 4.21 Å². The fraction of sp³-hybridized carbons (Fsp3) is 0.333. The number of hydroxylamine groups is 2. The van der Waals surface area contributed by atoms with Gasteiger partial charge in [-0.15, -0.1) is 0 Å². The molecular weight excluding hydrogens is 270 g/mol. The van der Waals surface area contributed by atoms with Gasteiger partial charge in [0.05, 0.1) is 0 Å². The minimum atomic E-state index is -2.39. The minimum absolute atomic E-state index is 0.411. The van der Waals surface area contributed by atoms with Gasteiger partial charge in [0.25, 0.3) is 0 Å². The molecule has 1 aliphatic carbocycles. The van der Waals surface area contributed by atoms with Gasteiger partial charge in [0.1, 0.15) is 24.8 Å². The number of hydrogen-bond acceptors (Lipinski definition) is 5. The van der Waals surface area contributed by atoms with Gasteiger partial charge in [-0.05, 0) is 18.4 Å². The molecule has 2 unspecified atom stereocenters. The summed E-state index contributed by atoms with van der Waals surface area (Å²) in [6.45, 7) is 0. The lowest BCUT2D eigenvalue weighted by atomic mass is 9.96. The Balaban J connectivity index is 2.21. The van der Waals surface area contributed by atoms with Crippen molar-refractivity contribution in [2.24, 2.45) is 0 Å². The second-order valence-corrected chi connectivity index (χ2v) is 4.58. The summed E-state index contributed by atoms with van der Waals surface area (Å²) in [6.07, 6.45) is 11.9. The molecule has 0 saturated heterocycles. The maximum Gasteiger partial charge on any atom is 0.319 e. The molecule has 1 heterocycles. The zero-order valence-corrected chi connectivity index (χ0v) is 11.2. The highest BCUT2D eigenvalue weighted by Crippen LogP contribution is 2.27. The molecule has 0 bridgehead atoms. The molecule has 2 atom stereocenters. The largest absolute Gasteiger partial charge is 0.466 e. The van der Waals surface area contributed by atoms with Crippen LogP contribution in [0.5, 0.6) is 0 Å². The molecule has 19 heavy (non-hydrogen) atoms. The monoisotopic (exact) mass is 285 g/mol. The van der Waals surface area contributed by atoms with Crippen LogP contribution in [0.1, 0.15) is 12.8 Å². The fourth-order valence-corrected chi connectivity index (χ4v) is 2.28. The third kappa shape index (κ3) is 3.77. The highest BCUT2D eigenvalue weighted by Gasteiger charge is 2.28. The second-order valence-electron chi connectivity index (χ2n) is 4.00. The summed E-state index contributed by atoms with van der Waals surface area (Å²) in [5.41, 5.74) is 1.01. The van der Waals surface area contributed by atoms with Crippen molar-refractivity contribution in [3.8, 4) is 0 Å². The van der Waals surface area contributed by atoms with Crippen LogP contribution in [0.15, 0.2) is 48.3 Å². The van der Waals surface area contributed by atoms with Crippen LogP contribution in [0.2, 0.25) is 0 Å². The Morgan fingerprint density at radius 1 is 1.53 bits per heavy atom. The van der Waals surface area contributed by atoms with Crippen molar-refractivity contribution in [3.63, 3.8) is 0 Å². The summed E-state index contributed by atoms with van der Waals surface area (Å²) < 4.78 is 34.9. The average molecular weight is 285 g/mol. The molecule has 0 fully saturated rings. The highest BCUT2D eigenvalue weighted by atomic mass is 32.2. The maximum absolute atomic E-state index is 10.8. The molecule has 6 nitrogen and oxygen atoms in total. The van der Waals surface area contributed by atoms with E-state index in [1.807, 2.05) is 12.2 Å². The summed E-state index contributed by atoms with van der Waals surface area (Å²) in [6, 6.07) is -0.411. The van der Waals surface area contributed by atoms with Crippen molar-refractivity contribution in [3.05, 3.63) is 48.3 Å². The lowest BCUT2D eigenvalue weighted by molar-refractivity contribution is -0.0560. The van der Waals surface area contributed by atoms with E-state index in [1.54, 1.807) is 7.05 Å². The molecule has 104 valence electrons. The molecule has 2 rings (SSSR count). The van der Waals surface area contributed by atoms with Crippen LogP contribution >= 0.6 is 0 Å². The molecule has 2 aliphatic rings. The number of rotatable bonds is 5. The molecule has 1 aliphatic heterocycles. The Labute approximate surface area is 114 Å². The zero-order valence-electron chi connectivity index (χ0n) is 10.4. The molecule has 0 aromatic heterocycles. The standard InChI is InChI=1S/C12H15NO5S/c1-13(18-19(14)15)12(10-5-3-2-4-6-10)11-9-16-7-8-17-11/h2-3,5,7-9,12H,4,6H2,1H3,(H,14,15). The van der Waals surface area contributed by atoms with E-state index in [0.717, 1.165) is 18.4 Å². The third-order valence-electron chi connectivity index (χ3n) is 2.73. The van der Waals surface area contributed by atoms with Crippen molar-refractivity contribution in [1.82, 2.24) is 5.06 Å². The first kappa shape index (κ1) is 14.0. The van der Waals surface area contributed by atoms with E-state index in [-0.39, 0.29) is 0 Å². The van der Waals surface area contributed by atoms with Crippen molar-refractivity contribution in [2.45, 2.75) is 18.9 Å². The predicted molar refractivity (Wildman–Crippen MR) is 69.3 cm³/mol. The molecule has 1 N–H and O–H groups in total. The van der Waals surface area contributed by atoms with Crippen molar-refractivity contribution >= 4 is 11.4 Å². The quantitative estimate of drug-likeness (QED) is 0.615. The van der Waals surface area contributed by atoms with Crippen molar-refractivity contribution in [2.75, 3.05) is 7.05 Å². The number of allylic oxidation sites excluding steroid dienone is 3. The van der Waals surface area contributed by atoms with E-state index in [0.29, 0.717) is 5.76 Å². The van der Waals surface area contributed by atoms with Crippen LogP contribution in [-0.4, -0.2) is 26.9 Å². The first-order valence-electron chi connectivity index (χ1n) is 5.73. The predicted octanol–water partition coefficient (Wildman–Crippen LogP) is 1.99. The molecule has 0 aromatic carbocycles. The first-order valence-corrected chi connectivity index (χ1v) is 6.76. The van der Waals surface area contributed by atoms with E-state index in [4.69, 9.17) is 18.3 Å². The van der Waals surface area contributed by atoms with E-state index >= 15 is 0 Å². The highest BCUT2D eigenvalue weighted by molar-refractivity contribution is 7.74. The summed E-state index contributed by atoms with van der Waals surface area (Å²) >= 11 is -2.39. The van der Waals surface area contributed by atoms with Crippen molar-refractivity contribution < 1.29 is 22.5 Å². The zero-order chi connectivity index (χ0) is 13.7. The summed E-state index contributed by atoms with van der Waals surface area (Å²) in [5, 5.41) is 1.29. The Morgan fingerprint density at radius 2 is 2.37 bits per heavy atom. The average Bonchev–Trinajstić information content (AvgIpc) is 2.40. The minimum Gasteiger partial charge on any atom is -0.466 e. The third-order valence-corrected chi connectivity index (χ3v) is 3.10. The van der Waals surface area contributed by atoms with Gasteiger partial charge in [-0.25, -0.2) is 0 Å². The van der Waals surface area contributed by atoms with Crippen LogP contribution in [0.3, 0.4) is 0 Å². The number of likely N-dealkylation sites (N-methyl/N-ethyl adjacent to an activating group) is 1. The van der Waals surface area contributed by atoms with Gasteiger partial charge < -0.3 is 9.47 Å². The molecule has 0 saturated carbocycles. The Bertz CT molecular complexity index is 469. The van der Waals surface area contributed by atoms with Crippen LogP contribution in [0, 0.1) is 0 Å². The van der Waals surface area contributed by atoms with Crippen LogP contribution in [0.4, 0.5) is 0 Å². The van der Waals surface area contributed by atoms with Crippen molar-refractivity contribution in [1.29, 1.82) is 0 Å². The number of hydrogen-bond donors (Lipinski definition) is 1. The van der Waals surface area contributed by atoms with E-state index in [2.05, 4.69) is 6.08 Å². The summed E-state index contributed by atoms with van der Waals surface area (Å²) in [7, 11) is 1.57. The van der Waals surface area contributed by atoms with Gasteiger partial charge >= 0.3 is 11.4 Å². The van der Waals surface area contributed by atoms with E-state index in [1.165, 1.54) is 23.8 Å². The van der Waals surface area contributed by atoms with Gasteiger partial charge in [0.2, 0.25) is 0 Å². The van der Waals surface area contributed by atoms with Crippen LogP contribution < -0.4 is 0 Å². The first-order chi connectivity index (χ1) is 9.18. The number of ether oxygens (including phenoxy) is 2. The van der Waals surface area contributed by atoms with Gasteiger partial charge in [0, 0.05) is 7.05 Å². The Morgan fingerprint density at radius 3 is 2.95 bits per heavy atom.